The second-order valence-electron chi connectivity index (χ2n) is 3.45. The molecule has 0 unspecified atom stereocenters. The van der Waals surface area contributed by atoms with E-state index < -0.39 is 0 Å². The number of nitrogens with one attached hydrogen (secondary N) is 1. The van der Waals surface area contributed by atoms with Gasteiger partial charge in [0.1, 0.15) is 0 Å². The lowest BCUT2D eigenvalue weighted by atomic mass is 10.2. The average molecular weight is 213 g/mol. The molecule has 1 saturated heterocycles. The van der Waals surface area contributed by atoms with E-state index in [-0.39, 0.29) is 0 Å². The first-order valence-electron chi connectivity index (χ1n) is 4.72. The fourth-order valence-electron chi connectivity index (χ4n) is 1.59. The molecular weight excluding hydrogens is 200 g/mol. The fourth-order valence-corrected chi connectivity index (χ4v) is 1.69. The molecule has 1 aliphatic heterocycles. The molecule has 0 aliphatic carbocycles. The third-order valence-electron chi connectivity index (χ3n) is 2.36. The van der Waals surface area contributed by atoms with Crippen molar-refractivity contribution in [1.82, 2.24) is 15.3 Å². The number of hydrogen-bond donors (Lipinski definition) is 1. The van der Waals surface area contributed by atoms with Gasteiger partial charge < -0.3 is 10.2 Å². The molecule has 0 radical (unpaired) electrons. The lowest BCUT2D eigenvalue weighted by Crippen LogP contribution is -2.50. The highest BCUT2D eigenvalue weighted by Crippen LogP contribution is 2.13. The SMILES string of the molecule is C[C@H]1CNCCN1c1ncc(Cl)cn1. The zero-order valence-electron chi connectivity index (χ0n) is 8.07. The average Bonchev–Trinajstić information content (AvgIpc) is 2.20. The number of nitrogens with zero attached hydrogens (tertiary/aromatic N) is 3. The Morgan fingerprint density at radius 1 is 1.50 bits per heavy atom. The van der Waals surface area contributed by atoms with E-state index in [1.165, 1.54) is 0 Å². The smallest absolute Gasteiger partial charge is 0.225 e. The van der Waals surface area contributed by atoms with Crippen LogP contribution in [0.4, 0.5) is 5.95 Å². The van der Waals surface area contributed by atoms with Crippen LogP contribution in [0.25, 0.3) is 0 Å². The maximum absolute atomic E-state index is 5.73. The normalized spacial score (nSPS) is 22.4. The van der Waals surface area contributed by atoms with E-state index in [1.54, 1.807) is 12.4 Å². The minimum atomic E-state index is 0.435. The Kier molecular flexibility index (Phi) is 2.84. The van der Waals surface area contributed by atoms with Crippen molar-refractivity contribution in [1.29, 1.82) is 0 Å². The van der Waals surface area contributed by atoms with Gasteiger partial charge in [-0.3, -0.25) is 0 Å². The quantitative estimate of drug-likeness (QED) is 0.752. The van der Waals surface area contributed by atoms with Crippen LogP contribution in [-0.2, 0) is 0 Å². The summed E-state index contributed by atoms with van der Waals surface area (Å²) < 4.78 is 0. The zero-order chi connectivity index (χ0) is 9.97. The van der Waals surface area contributed by atoms with Gasteiger partial charge in [0, 0.05) is 25.7 Å². The summed E-state index contributed by atoms with van der Waals surface area (Å²) in [4.78, 5) is 10.6. The van der Waals surface area contributed by atoms with Gasteiger partial charge in [-0.2, -0.15) is 0 Å². The van der Waals surface area contributed by atoms with Crippen molar-refractivity contribution in [3.63, 3.8) is 0 Å². The molecule has 1 atom stereocenters. The number of piperazine rings is 1. The molecule has 0 aromatic carbocycles. The summed E-state index contributed by atoms with van der Waals surface area (Å²) >= 11 is 5.73. The first kappa shape index (κ1) is 9.68. The fraction of sp³-hybridized carbons (Fsp3) is 0.556. The van der Waals surface area contributed by atoms with Crippen molar-refractivity contribution >= 4 is 17.5 Å². The first-order chi connectivity index (χ1) is 6.77. The van der Waals surface area contributed by atoms with E-state index in [0.29, 0.717) is 11.1 Å². The Morgan fingerprint density at radius 3 is 2.86 bits per heavy atom. The van der Waals surface area contributed by atoms with Gasteiger partial charge in [0.2, 0.25) is 5.95 Å². The molecule has 14 heavy (non-hydrogen) atoms. The molecule has 0 amide bonds. The van der Waals surface area contributed by atoms with Gasteiger partial charge in [-0.05, 0) is 6.92 Å². The maximum atomic E-state index is 5.73. The molecule has 1 aromatic rings. The van der Waals surface area contributed by atoms with Crippen molar-refractivity contribution in [2.75, 3.05) is 24.5 Å². The monoisotopic (exact) mass is 212 g/mol. The zero-order valence-corrected chi connectivity index (χ0v) is 8.83. The van der Waals surface area contributed by atoms with Gasteiger partial charge in [-0.15, -0.1) is 0 Å². The summed E-state index contributed by atoms with van der Waals surface area (Å²) in [6.07, 6.45) is 3.28. The Morgan fingerprint density at radius 2 is 2.21 bits per heavy atom. The summed E-state index contributed by atoms with van der Waals surface area (Å²) in [6, 6.07) is 0.435. The van der Waals surface area contributed by atoms with Crippen molar-refractivity contribution < 1.29 is 0 Å². The summed E-state index contributed by atoms with van der Waals surface area (Å²) in [5.74, 6) is 0.767. The molecule has 1 aromatic heterocycles. The Bertz CT molecular complexity index is 300. The number of anilines is 1. The first-order valence-corrected chi connectivity index (χ1v) is 5.10. The summed E-state index contributed by atoms with van der Waals surface area (Å²) in [5.41, 5.74) is 0. The Labute approximate surface area is 88.3 Å². The molecule has 2 rings (SSSR count). The topological polar surface area (TPSA) is 41.0 Å². The summed E-state index contributed by atoms with van der Waals surface area (Å²) in [7, 11) is 0. The van der Waals surface area contributed by atoms with Gasteiger partial charge >= 0.3 is 0 Å². The second-order valence-corrected chi connectivity index (χ2v) is 3.88. The lowest BCUT2D eigenvalue weighted by molar-refractivity contribution is 0.493. The van der Waals surface area contributed by atoms with Crippen LogP contribution in [0.3, 0.4) is 0 Å². The second kappa shape index (κ2) is 4.11. The maximum Gasteiger partial charge on any atom is 0.225 e. The van der Waals surface area contributed by atoms with Gasteiger partial charge in [0.15, 0.2) is 0 Å². The molecule has 1 N–H and O–H groups in total. The summed E-state index contributed by atoms with van der Waals surface area (Å²) in [6.45, 7) is 5.06. The lowest BCUT2D eigenvalue weighted by Gasteiger charge is -2.33. The minimum absolute atomic E-state index is 0.435. The largest absolute Gasteiger partial charge is 0.336 e. The van der Waals surface area contributed by atoms with E-state index in [0.717, 1.165) is 25.6 Å². The van der Waals surface area contributed by atoms with Gasteiger partial charge in [0.05, 0.1) is 17.4 Å². The van der Waals surface area contributed by atoms with Crippen LogP contribution in [0.15, 0.2) is 12.4 Å². The molecule has 1 aliphatic rings. The molecule has 1 fully saturated rings. The van der Waals surface area contributed by atoms with Crippen LogP contribution >= 0.6 is 11.6 Å². The molecule has 0 saturated carbocycles. The number of aromatic nitrogens is 2. The third kappa shape index (κ3) is 1.96. The van der Waals surface area contributed by atoms with Crippen molar-refractivity contribution in [2.24, 2.45) is 0 Å². The molecular formula is C9H13ClN4. The summed E-state index contributed by atoms with van der Waals surface area (Å²) in [5, 5.41) is 3.90. The van der Waals surface area contributed by atoms with Crippen LogP contribution in [-0.4, -0.2) is 35.6 Å². The number of rotatable bonds is 1. The molecule has 0 spiro atoms. The standard InChI is InChI=1S/C9H13ClN4/c1-7-4-11-2-3-14(7)9-12-5-8(10)6-13-9/h5-7,11H,2-4H2,1H3/t7-/m0/s1. The molecule has 5 heteroatoms. The third-order valence-corrected chi connectivity index (χ3v) is 2.56. The Hall–Kier alpha value is -0.870. The van der Waals surface area contributed by atoms with Crippen molar-refractivity contribution in [3.05, 3.63) is 17.4 Å². The highest BCUT2D eigenvalue weighted by Gasteiger charge is 2.19. The van der Waals surface area contributed by atoms with Crippen LogP contribution in [0.1, 0.15) is 6.92 Å². The van der Waals surface area contributed by atoms with E-state index in [1.807, 2.05) is 0 Å². The highest BCUT2D eigenvalue weighted by atomic mass is 35.5. The molecule has 2 heterocycles. The molecule has 4 nitrogen and oxygen atoms in total. The van der Waals surface area contributed by atoms with Crippen LogP contribution in [0.5, 0.6) is 0 Å². The van der Waals surface area contributed by atoms with E-state index in [2.05, 4.69) is 27.1 Å². The van der Waals surface area contributed by atoms with Crippen molar-refractivity contribution in [2.45, 2.75) is 13.0 Å². The molecule has 0 bridgehead atoms. The highest BCUT2D eigenvalue weighted by molar-refractivity contribution is 6.30. The van der Waals surface area contributed by atoms with E-state index in [4.69, 9.17) is 11.6 Å². The van der Waals surface area contributed by atoms with Crippen LogP contribution in [0.2, 0.25) is 5.02 Å². The van der Waals surface area contributed by atoms with Crippen LogP contribution < -0.4 is 10.2 Å². The van der Waals surface area contributed by atoms with Crippen LogP contribution in [0, 0.1) is 0 Å². The Balaban J connectivity index is 2.16. The van der Waals surface area contributed by atoms with E-state index in [9.17, 15) is 0 Å². The minimum Gasteiger partial charge on any atom is -0.336 e. The van der Waals surface area contributed by atoms with Crippen molar-refractivity contribution in [3.8, 4) is 0 Å². The predicted molar refractivity (Wildman–Crippen MR) is 56.7 cm³/mol. The predicted octanol–water partition coefficient (Wildman–Crippen LogP) is 0.928. The number of halogens is 1. The van der Waals surface area contributed by atoms with Gasteiger partial charge in [0.25, 0.3) is 0 Å². The van der Waals surface area contributed by atoms with Gasteiger partial charge in [-0.25, -0.2) is 9.97 Å². The van der Waals surface area contributed by atoms with E-state index >= 15 is 0 Å². The molecule has 76 valence electrons. The number of hydrogen-bond acceptors (Lipinski definition) is 4. The van der Waals surface area contributed by atoms with Gasteiger partial charge in [-0.1, -0.05) is 11.6 Å².